The zero-order valence-corrected chi connectivity index (χ0v) is 14.9. The summed E-state index contributed by atoms with van der Waals surface area (Å²) >= 11 is 5.88. The van der Waals surface area contributed by atoms with Crippen LogP contribution < -0.4 is 4.74 Å². The van der Waals surface area contributed by atoms with Gasteiger partial charge in [-0.1, -0.05) is 54.1 Å². The highest BCUT2D eigenvalue weighted by molar-refractivity contribution is 6.31. The maximum absolute atomic E-state index is 12.3. The fraction of sp³-hybridized carbons (Fsp3) is 0.143. The van der Waals surface area contributed by atoms with E-state index in [2.05, 4.69) is 0 Å². The lowest BCUT2D eigenvalue weighted by Gasteiger charge is -2.13. The van der Waals surface area contributed by atoms with Gasteiger partial charge < -0.3 is 9.47 Å². The first-order valence-electron chi connectivity index (χ1n) is 8.14. The molecule has 4 nitrogen and oxygen atoms in total. The van der Waals surface area contributed by atoms with Crippen LogP contribution in [0, 0.1) is 0 Å². The Kier molecular flexibility index (Phi) is 5.54. The quantitative estimate of drug-likeness (QED) is 0.468. The number of Topliss-reactive ketones (excluding diaryl/α,β-unsaturated/α-hetero) is 1. The molecule has 5 heteroatoms. The van der Waals surface area contributed by atoms with Crippen LogP contribution in [0.25, 0.3) is 10.8 Å². The summed E-state index contributed by atoms with van der Waals surface area (Å²) in [6.07, 6.45) is -0.916. The largest absolute Gasteiger partial charge is 0.482 e. The van der Waals surface area contributed by atoms with Gasteiger partial charge in [-0.2, -0.15) is 0 Å². The molecule has 0 radical (unpaired) electrons. The van der Waals surface area contributed by atoms with Crippen molar-refractivity contribution in [3.05, 3.63) is 77.3 Å². The topological polar surface area (TPSA) is 52.6 Å². The molecule has 0 aliphatic rings. The van der Waals surface area contributed by atoms with Gasteiger partial charge in [-0.05, 0) is 42.0 Å². The minimum Gasteiger partial charge on any atom is -0.482 e. The van der Waals surface area contributed by atoms with Crippen molar-refractivity contribution in [3.63, 3.8) is 0 Å². The molecule has 0 fully saturated rings. The number of fused-ring (bicyclic) bond motifs is 1. The summed E-state index contributed by atoms with van der Waals surface area (Å²) in [6.45, 7) is 1.25. The average molecular weight is 369 g/mol. The first-order chi connectivity index (χ1) is 12.5. The van der Waals surface area contributed by atoms with Gasteiger partial charge in [-0.15, -0.1) is 0 Å². The minimum atomic E-state index is -0.916. The van der Waals surface area contributed by atoms with E-state index in [-0.39, 0.29) is 12.4 Å². The molecule has 3 aromatic carbocycles. The SMILES string of the molecule is C[C@H](OC(=O)COc1ccc2ccccc2c1)C(=O)c1cccc(Cl)c1. The average Bonchev–Trinajstić information content (AvgIpc) is 2.65. The summed E-state index contributed by atoms with van der Waals surface area (Å²) in [5.41, 5.74) is 0.397. The lowest BCUT2D eigenvalue weighted by atomic mass is 10.1. The van der Waals surface area contributed by atoms with Crippen LogP contribution in [0.15, 0.2) is 66.7 Å². The number of ether oxygens (including phenoxy) is 2. The second-order valence-electron chi connectivity index (χ2n) is 5.80. The number of rotatable bonds is 6. The second-order valence-corrected chi connectivity index (χ2v) is 6.24. The standard InChI is InChI=1S/C21H17ClO4/c1-14(21(24)17-7-4-8-18(22)11-17)26-20(23)13-25-19-10-9-15-5-2-3-6-16(15)12-19/h2-12,14H,13H2,1H3/t14-/m0/s1. The van der Waals surface area contributed by atoms with Crippen molar-refractivity contribution in [2.45, 2.75) is 13.0 Å². The van der Waals surface area contributed by atoms with Crippen molar-refractivity contribution in [2.24, 2.45) is 0 Å². The van der Waals surface area contributed by atoms with Gasteiger partial charge in [0.1, 0.15) is 5.75 Å². The monoisotopic (exact) mass is 368 g/mol. The molecule has 0 saturated heterocycles. The van der Waals surface area contributed by atoms with E-state index in [1.54, 1.807) is 30.3 Å². The normalized spacial score (nSPS) is 11.8. The highest BCUT2D eigenvalue weighted by atomic mass is 35.5. The van der Waals surface area contributed by atoms with Gasteiger partial charge in [0, 0.05) is 10.6 Å². The zero-order valence-electron chi connectivity index (χ0n) is 14.1. The van der Waals surface area contributed by atoms with E-state index in [0.717, 1.165) is 10.8 Å². The molecule has 1 atom stereocenters. The molecule has 0 aliphatic carbocycles. The molecule has 3 rings (SSSR count). The van der Waals surface area contributed by atoms with E-state index in [9.17, 15) is 9.59 Å². The molecular weight excluding hydrogens is 352 g/mol. The Hall–Kier alpha value is -2.85. The Morgan fingerprint density at radius 2 is 1.73 bits per heavy atom. The Bertz CT molecular complexity index is 951. The number of carbonyl (C=O) groups is 2. The minimum absolute atomic E-state index is 0.272. The molecule has 0 unspecified atom stereocenters. The fourth-order valence-corrected chi connectivity index (χ4v) is 2.75. The zero-order chi connectivity index (χ0) is 18.5. The maximum atomic E-state index is 12.3. The molecule has 0 aliphatic heterocycles. The number of hydrogen-bond donors (Lipinski definition) is 0. The van der Waals surface area contributed by atoms with Crippen molar-refractivity contribution in [2.75, 3.05) is 6.61 Å². The number of ketones is 1. The van der Waals surface area contributed by atoms with Crippen molar-refractivity contribution in [3.8, 4) is 5.75 Å². The molecule has 0 spiro atoms. The third kappa shape index (κ3) is 4.41. The van der Waals surface area contributed by atoms with Crippen molar-refractivity contribution in [1.29, 1.82) is 0 Å². The van der Waals surface area contributed by atoms with Crippen molar-refractivity contribution < 1.29 is 19.1 Å². The molecular formula is C21H17ClO4. The first kappa shape index (κ1) is 18.0. The summed E-state index contributed by atoms with van der Waals surface area (Å²) in [5, 5.41) is 2.56. The molecule has 26 heavy (non-hydrogen) atoms. The number of benzene rings is 3. The number of halogens is 1. The van der Waals surface area contributed by atoms with Gasteiger partial charge in [0.15, 0.2) is 12.7 Å². The fourth-order valence-electron chi connectivity index (χ4n) is 2.56. The molecule has 0 amide bonds. The highest BCUT2D eigenvalue weighted by Gasteiger charge is 2.20. The smallest absolute Gasteiger partial charge is 0.344 e. The number of carbonyl (C=O) groups excluding carboxylic acids is 2. The van der Waals surface area contributed by atoms with Crippen molar-refractivity contribution >= 4 is 34.1 Å². The summed E-state index contributed by atoms with van der Waals surface area (Å²) in [4.78, 5) is 24.2. The van der Waals surface area contributed by atoms with E-state index in [1.807, 2.05) is 36.4 Å². The van der Waals surface area contributed by atoms with Crippen LogP contribution >= 0.6 is 11.6 Å². The lowest BCUT2D eigenvalue weighted by Crippen LogP contribution is -2.27. The molecule has 132 valence electrons. The van der Waals surface area contributed by atoms with Gasteiger partial charge in [-0.25, -0.2) is 4.79 Å². The van der Waals surface area contributed by atoms with Crippen LogP contribution in [-0.4, -0.2) is 24.5 Å². The Morgan fingerprint density at radius 1 is 0.962 bits per heavy atom. The van der Waals surface area contributed by atoms with Crippen molar-refractivity contribution in [1.82, 2.24) is 0 Å². The van der Waals surface area contributed by atoms with E-state index < -0.39 is 12.1 Å². The van der Waals surface area contributed by atoms with Crippen LogP contribution in [0.5, 0.6) is 5.75 Å². The van der Waals surface area contributed by atoms with Gasteiger partial charge in [0.2, 0.25) is 5.78 Å². The third-order valence-electron chi connectivity index (χ3n) is 3.86. The van der Waals surface area contributed by atoms with Gasteiger partial charge in [-0.3, -0.25) is 4.79 Å². The van der Waals surface area contributed by atoms with E-state index >= 15 is 0 Å². The van der Waals surface area contributed by atoms with E-state index in [0.29, 0.717) is 16.3 Å². The van der Waals surface area contributed by atoms with Crippen LogP contribution in [0.4, 0.5) is 0 Å². The predicted octanol–water partition coefficient (Wildman–Crippen LogP) is 4.69. The molecule has 3 aromatic rings. The molecule has 0 N–H and O–H groups in total. The summed E-state index contributed by atoms with van der Waals surface area (Å²) in [6, 6.07) is 19.9. The van der Waals surface area contributed by atoms with E-state index in [1.165, 1.54) is 6.92 Å². The number of hydrogen-bond acceptors (Lipinski definition) is 4. The van der Waals surface area contributed by atoms with Gasteiger partial charge in [0.25, 0.3) is 0 Å². The van der Waals surface area contributed by atoms with Crippen LogP contribution in [0.3, 0.4) is 0 Å². The number of esters is 1. The molecule has 0 saturated carbocycles. The summed E-state index contributed by atoms with van der Waals surface area (Å²) in [5.74, 6) is -0.359. The van der Waals surface area contributed by atoms with Crippen LogP contribution in [0.1, 0.15) is 17.3 Å². The summed E-state index contributed by atoms with van der Waals surface area (Å²) < 4.78 is 10.6. The van der Waals surface area contributed by atoms with Gasteiger partial charge in [0.05, 0.1) is 0 Å². The molecule has 0 bridgehead atoms. The summed E-state index contributed by atoms with van der Waals surface area (Å²) in [7, 11) is 0. The molecule has 0 aromatic heterocycles. The lowest BCUT2D eigenvalue weighted by molar-refractivity contribution is -0.148. The van der Waals surface area contributed by atoms with E-state index in [4.69, 9.17) is 21.1 Å². The Morgan fingerprint density at radius 3 is 2.50 bits per heavy atom. The third-order valence-corrected chi connectivity index (χ3v) is 4.10. The Balaban J connectivity index is 1.56. The maximum Gasteiger partial charge on any atom is 0.344 e. The van der Waals surface area contributed by atoms with Gasteiger partial charge >= 0.3 is 5.97 Å². The highest BCUT2D eigenvalue weighted by Crippen LogP contribution is 2.20. The molecule has 0 heterocycles. The predicted molar refractivity (Wildman–Crippen MR) is 101 cm³/mol. The Labute approximate surface area is 156 Å². The van der Waals surface area contributed by atoms with Crippen LogP contribution in [0.2, 0.25) is 5.02 Å². The second kappa shape index (κ2) is 8.02. The first-order valence-corrected chi connectivity index (χ1v) is 8.51. The van der Waals surface area contributed by atoms with Crippen LogP contribution in [-0.2, 0) is 9.53 Å².